The minimum Gasteiger partial charge on any atom is -0.387 e. The number of aliphatic hydroxyl groups is 1. The van der Waals surface area contributed by atoms with E-state index in [0.717, 1.165) is 12.0 Å². The third-order valence-corrected chi connectivity index (χ3v) is 4.91. The Morgan fingerprint density at radius 3 is 2.48 bits per heavy atom. The molecule has 1 heterocycles. The van der Waals surface area contributed by atoms with Gasteiger partial charge >= 0.3 is 0 Å². The predicted octanol–water partition coefficient (Wildman–Crippen LogP) is 1.82. The summed E-state index contributed by atoms with van der Waals surface area (Å²) in [6.07, 6.45) is 2.03. The van der Waals surface area contributed by atoms with Crippen LogP contribution in [0.25, 0.3) is 0 Å². The van der Waals surface area contributed by atoms with Crippen LogP contribution in [0.1, 0.15) is 31.1 Å². The number of sulfone groups is 1. The molecule has 2 atom stereocenters. The van der Waals surface area contributed by atoms with Crippen LogP contribution < -0.4 is 5.32 Å². The lowest BCUT2D eigenvalue weighted by Gasteiger charge is -2.15. The minimum absolute atomic E-state index is 0.0764. The van der Waals surface area contributed by atoms with Gasteiger partial charge in [-0.2, -0.15) is 0 Å². The van der Waals surface area contributed by atoms with E-state index in [9.17, 15) is 13.5 Å². The lowest BCUT2D eigenvalue weighted by molar-refractivity contribution is 0.173. The molecule has 5 heteroatoms. The van der Waals surface area contributed by atoms with Crippen molar-refractivity contribution in [1.29, 1.82) is 0 Å². The van der Waals surface area contributed by atoms with Gasteiger partial charge in [0.15, 0.2) is 9.84 Å². The van der Waals surface area contributed by atoms with Gasteiger partial charge in [-0.15, -0.1) is 0 Å². The van der Waals surface area contributed by atoms with Crippen molar-refractivity contribution in [3.63, 3.8) is 0 Å². The van der Waals surface area contributed by atoms with Crippen molar-refractivity contribution < 1.29 is 13.5 Å². The zero-order valence-corrected chi connectivity index (χ0v) is 13.3. The molecular formula is C16H23NO3S. The lowest BCUT2D eigenvalue weighted by atomic mass is 10.0. The molecule has 0 bridgehead atoms. The summed E-state index contributed by atoms with van der Waals surface area (Å²) in [5, 5.41) is 14.4. The molecule has 21 heavy (non-hydrogen) atoms. The maximum absolute atomic E-state index is 11.3. The Labute approximate surface area is 126 Å². The van der Waals surface area contributed by atoms with Crippen molar-refractivity contribution in [2.45, 2.75) is 32.4 Å². The first-order chi connectivity index (χ1) is 9.85. The number of aliphatic hydroxyl groups excluding tert-OH is 1. The van der Waals surface area contributed by atoms with Crippen LogP contribution in [0, 0.1) is 5.92 Å². The van der Waals surface area contributed by atoms with Crippen LogP contribution in [0.2, 0.25) is 0 Å². The topological polar surface area (TPSA) is 66.4 Å². The van der Waals surface area contributed by atoms with Crippen LogP contribution >= 0.6 is 0 Å². The third-order valence-electron chi connectivity index (χ3n) is 3.51. The second kappa shape index (κ2) is 6.73. The van der Waals surface area contributed by atoms with E-state index in [1.165, 1.54) is 11.0 Å². The molecule has 2 unspecified atom stereocenters. The van der Waals surface area contributed by atoms with Crippen molar-refractivity contribution >= 4 is 9.84 Å². The number of hydrogen-bond donors (Lipinski definition) is 2. The number of nitrogens with one attached hydrogen (secondary N) is 1. The van der Waals surface area contributed by atoms with Crippen molar-refractivity contribution in [1.82, 2.24) is 5.32 Å². The average Bonchev–Trinajstić information content (AvgIpc) is 2.76. The molecule has 0 aromatic heterocycles. The van der Waals surface area contributed by atoms with E-state index in [4.69, 9.17) is 0 Å². The first-order valence-electron chi connectivity index (χ1n) is 7.27. The summed E-state index contributed by atoms with van der Waals surface area (Å²) in [6, 6.07) is 7.75. The highest BCUT2D eigenvalue weighted by molar-refractivity contribution is 7.94. The Bertz CT molecular complexity index is 590. The van der Waals surface area contributed by atoms with Gasteiger partial charge in [-0.05, 0) is 23.5 Å². The van der Waals surface area contributed by atoms with Crippen LogP contribution in [0.3, 0.4) is 0 Å². The van der Waals surface area contributed by atoms with E-state index in [1.54, 1.807) is 6.08 Å². The van der Waals surface area contributed by atoms with Crippen molar-refractivity contribution in [3.8, 4) is 0 Å². The summed E-state index contributed by atoms with van der Waals surface area (Å²) in [4.78, 5) is 0. The second-order valence-electron chi connectivity index (χ2n) is 6.03. The summed E-state index contributed by atoms with van der Waals surface area (Å²) in [5.41, 5.74) is 2.11. The standard InChI is InChI=1S/C16H23NO3S/c1-12(2)9-13-3-5-14(6-4-13)16(18)10-17-15-7-8-21(19,20)11-15/h3-8,12,15-18H,9-11H2,1-2H3. The average molecular weight is 309 g/mol. The van der Waals surface area contributed by atoms with Crippen LogP contribution in [0.15, 0.2) is 35.7 Å². The molecule has 116 valence electrons. The van der Waals surface area contributed by atoms with Crippen LogP contribution in [0.4, 0.5) is 0 Å². The zero-order valence-electron chi connectivity index (χ0n) is 12.5. The summed E-state index contributed by atoms with van der Waals surface area (Å²) < 4.78 is 22.6. The zero-order chi connectivity index (χ0) is 15.5. The fourth-order valence-electron chi connectivity index (χ4n) is 2.43. The van der Waals surface area contributed by atoms with Crippen LogP contribution in [0.5, 0.6) is 0 Å². The lowest BCUT2D eigenvalue weighted by Crippen LogP contribution is -2.33. The summed E-state index contributed by atoms with van der Waals surface area (Å²) in [6.45, 7) is 4.69. The Morgan fingerprint density at radius 1 is 1.29 bits per heavy atom. The van der Waals surface area contributed by atoms with Gasteiger partial charge in [0.05, 0.1) is 11.9 Å². The van der Waals surface area contributed by atoms with Gasteiger partial charge in [0.1, 0.15) is 0 Å². The molecule has 2 N–H and O–H groups in total. The Balaban J connectivity index is 1.86. The highest BCUT2D eigenvalue weighted by Gasteiger charge is 2.21. The maximum atomic E-state index is 11.3. The highest BCUT2D eigenvalue weighted by atomic mass is 32.2. The quantitative estimate of drug-likeness (QED) is 0.841. The fraction of sp³-hybridized carbons (Fsp3) is 0.500. The molecule has 0 spiro atoms. The summed E-state index contributed by atoms with van der Waals surface area (Å²) in [5.74, 6) is 0.686. The molecule has 1 aliphatic rings. The van der Waals surface area contributed by atoms with Gasteiger partial charge in [0, 0.05) is 18.0 Å². The normalized spacial score (nSPS) is 21.8. The first-order valence-corrected chi connectivity index (χ1v) is 8.98. The van der Waals surface area contributed by atoms with E-state index in [0.29, 0.717) is 12.5 Å². The molecule has 0 saturated carbocycles. The molecule has 1 aliphatic heterocycles. The van der Waals surface area contributed by atoms with Gasteiger partial charge in [0.25, 0.3) is 0 Å². The third kappa shape index (κ3) is 4.95. The highest BCUT2D eigenvalue weighted by Crippen LogP contribution is 2.16. The molecule has 1 aromatic rings. The summed E-state index contributed by atoms with van der Waals surface area (Å²) in [7, 11) is -3.05. The SMILES string of the molecule is CC(C)Cc1ccc(C(O)CNC2C=CS(=O)(=O)C2)cc1. The van der Waals surface area contributed by atoms with E-state index in [1.807, 2.05) is 24.3 Å². The molecular weight excluding hydrogens is 286 g/mol. The van der Waals surface area contributed by atoms with Crippen molar-refractivity contribution in [2.24, 2.45) is 5.92 Å². The number of rotatable bonds is 6. The molecule has 0 amide bonds. The largest absolute Gasteiger partial charge is 0.387 e. The van der Waals surface area contributed by atoms with E-state index in [-0.39, 0.29) is 11.8 Å². The van der Waals surface area contributed by atoms with Gasteiger partial charge < -0.3 is 10.4 Å². The smallest absolute Gasteiger partial charge is 0.173 e. The van der Waals surface area contributed by atoms with E-state index in [2.05, 4.69) is 19.2 Å². The molecule has 1 aromatic carbocycles. The minimum atomic E-state index is -3.05. The molecule has 2 rings (SSSR count). The van der Waals surface area contributed by atoms with Crippen molar-refractivity contribution in [2.75, 3.05) is 12.3 Å². The van der Waals surface area contributed by atoms with E-state index < -0.39 is 15.9 Å². The Hall–Kier alpha value is -1.17. The molecule has 0 aliphatic carbocycles. The first kappa shape index (κ1) is 16.2. The number of benzene rings is 1. The predicted molar refractivity (Wildman–Crippen MR) is 84.7 cm³/mol. The Morgan fingerprint density at radius 2 is 1.95 bits per heavy atom. The maximum Gasteiger partial charge on any atom is 0.173 e. The van der Waals surface area contributed by atoms with Crippen LogP contribution in [-0.2, 0) is 16.3 Å². The molecule has 0 fully saturated rings. The summed E-state index contributed by atoms with van der Waals surface area (Å²) >= 11 is 0. The van der Waals surface area contributed by atoms with Gasteiger partial charge in [0.2, 0.25) is 0 Å². The molecule has 4 nitrogen and oxygen atoms in total. The molecule has 0 saturated heterocycles. The van der Waals surface area contributed by atoms with Crippen molar-refractivity contribution in [3.05, 3.63) is 46.9 Å². The number of hydrogen-bond acceptors (Lipinski definition) is 4. The van der Waals surface area contributed by atoms with E-state index >= 15 is 0 Å². The fourth-order valence-corrected chi connectivity index (χ4v) is 3.70. The van der Waals surface area contributed by atoms with Gasteiger partial charge in [-0.25, -0.2) is 8.42 Å². The molecule has 0 radical (unpaired) electrons. The van der Waals surface area contributed by atoms with Gasteiger partial charge in [-0.3, -0.25) is 0 Å². The van der Waals surface area contributed by atoms with Crippen LogP contribution in [-0.4, -0.2) is 31.9 Å². The second-order valence-corrected chi connectivity index (χ2v) is 7.96. The van der Waals surface area contributed by atoms with Gasteiger partial charge in [-0.1, -0.05) is 44.2 Å². The monoisotopic (exact) mass is 309 g/mol. The Kier molecular flexibility index (Phi) is 5.19.